The molecule has 0 spiro atoms. The fraction of sp³-hybridized carbons (Fsp3) is 0.500. The molecule has 2 heterocycles. The van der Waals surface area contributed by atoms with E-state index in [1.54, 1.807) is 0 Å². The molecular weight excluding hydrogens is 216 g/mol. The number of aryl methyl sites for hydroxylation is 1. The molecule has 0 saturated carbocycles. The van der Waals surface area contributed by atoms with Crippen LogP contribution < -0.4 is 5.32 Å². The summed E-state index contributed by atoms with van der Waals surface area (Å²) in [6.45, 7) is 6.62. The van der Waals surface area contributed by atoms with E-state index in [4.69, 9.17) is 4.42 Å². The van der Waals surface area contributed by atoms with E-state index in [0.717, 1.165) is 19.5 Å². The van der Waals surface area contributed by atoms with Gasteiger partial charge in [-0.25, -0.2) is 0 Å². The van der Waals surface area contributed by atoms with E-state index < -0.39 is 0 Å². The van der Waals surface area contributed by atoms with Crippen molar-refractivity contribution in [2.75, 3.05) is 6.54 Å². The van der Waals surface area contributed by atoms with Crippen molar-refractivity contribution < 1.29 is 4.42 Å². The molecule has 5 nitrogen and oxygen atoms in total. The summed E-state index contributed by atoms with van der Waals surface area (Å²) >= 11 is 0. The monoisotopic (exact) mass is 234 g/mol. The smallest absolute Gasteiger partial charge is 0.236 e. The lowest BCUT2D eigenvalue weighted by Gasteiger charge is -1.98. The molecule has 0 atom stereocenters. The molecule has 0 radical (unpaired) electrons. The first-order valence-electron chi connectivity index (χ1n) is 5.98. The standard InChI is InChI=1S/C12H18N4O/c1-3-11-14-15-12(17-11)9-16-6-5-10(8-16)7-13-4-2/h5-6,8,13H,3-4,7,9H2,1-2H3. The third-order valence-corrected chi connectivity index (χ3v) is 2.52. The van der Waals surface area contributed by atoms with Gasteiger partial charge in [0.15, 0.2) is 0 Å². The minimum absolute atomic E-state index is 0.638. The Hall–Kier alpha value is -1.62. The highest BCUT2D eigenvalue weighted by Gasteiger charge is 2.05. The Morgan fingerprint density at radius 1 is 1.29 bits per heavy atom. The third-order valence-electron chi connectivity index (χ3n) is 2.52. The molecule has 0 unspecified atom stereocenters. The van der Waals surface area contributed by atoms with Crippen molar-refractivity contribution in [3.63, 3.8) is 0 Å². The van der Waals surface area contributed by atoms with Crippen molar-refractivity contribution in [1.82, 2.24) is 20.1 Å². The summed E-state index contributed by atoms with van der Waals surface area (Å²) < 4.78 is 7.52. The van der Waals surface area contributed by atoms with Gasteiger partial charge in [-0.2, -0.15) is 0 Å². The van der Waals surface area contributed by atoms with E-state index >= 15 is 0 Å². The van der Waals surface area contributed by atoms with Crippen LogP contribution in [0.5, 0.6) is 0 Å². The van der Waals surface area contributed by atoms with Gasteiger partial charge in [-0.15, -0.1) is 10.2 Å². The van der Waals surface area contributed by atoms with E-state index in [-0.39, 0.29) is 0 Å². The van der Waals surface area contributed by atoms with E-state index in [1.807, 2.05) is 13.1 Å². The second-order valence-corrected chi connectivity index (χ2v) is 3.92. The first-order valence-corrected chi connectivity index (χ1v) is 5.98. The van der Waals surface area contributed by atoms with Gasteiger partial charge in [0.05, 0.1) is 0 Å². The number of nitrogens with zero attached hydrogens (tertiary/aromatic N) is 3. The largest absolute Gasteiger partial charge is 0.423 e. The highest BCUT2D eigenvalue weighted by molar-refractivity contribution is 5.10. The highest BCUT2D eigenvalue weighted by atomic mass is 16.4. The van der Waals surface area contributed by atoms with Crippen LogP contribution in [0.25, 0.3) is 0 Å². The lowest BCUT2D eigenvalue weighted by molar-refractivity contribution is 0.442. The fourth-order valence-electron chi connectivity index (χ4n) is 1.61. The second-order valence-electron chi connectivity index (χ2n) is 3.92. The Kier molecular flexibility index (Phi) is 3.93. The highest BCUT2D eigenvalue weighted by Crippen LogP contribution is 2.06. The summed E-state index contributed by atoms with van der Waals surface area (Å²) in [7, 11) is 0. The lowest BCUT2D eigenvalue weighted by atomic mass is 10.3. The van der Waals surface area contributed by atoms with Gasteiger partial charge in [-0.1, -0.05) is 13.8 Å². The zero-order valence-electron chi connectivity index (χ0n) is 10.3. The molecule has 0 saturated heterocycles. The summed E-state index contributed by atoms with van der Waals surface area (Å²) in [6, 6.07) is 2.10. The van der Waals surface area contributed by atoms with Crippen molar-refractivity contribution >= 4 is 0 Å². The van der Waals surface area contributed by atoms with Gasteiger partial charge in [0.2, 0.25) is 11.8 Å². The fourth-order valence-corrected chi connectivity index (χ4v) is 1.61. The minimum atomic E-state index is 0.638. The summed E-state index contributed by atoms with van der Waals surface area (Å²) in [5.41, 5.74) is 1.27. The molecule has 0 aliphatic heterocycles. The SMILES string of the molecule is CCNCc1ccn(Cc2nnc(CC)o2)c1. The van der Waals surface area contributed by atoms with Crippen LogP contribution in [0, 0.1) is 0 Å². The first kappa shape index (κ1) is 11.9. The quantitative estimate of drug-likeness (QED) is 0.824. The molecule has 92 valence electrons. The number of nitrogens with one attached hydrogen (secondary N) is 1. The molecule has 0 aliphatic carbocycles. The molecule has 0 aromatic carbocycles. The molecule has 17 heavy (non-hydrogen) atoms. The molecular formula is C12H18N4O. The Morgan fingerprint density at radius 3 is 2.82 bits per heavy atom. The Balaban J connectivity index is 1.96. The summed E-state index contributed by atoms with van der Waals surface area (Å²) in [5.74, 6) is 1.35. The summed E-state index contributed by atoms with van der Waals surface area (Å²) in [6.07, 6.45) is 4.91. The third kappa shape index (κ3) is 3.17. The van der Waals surface area contributed by atoms with Crippen LogP contribution in [0.4, 0.5) is 0 Å². The second kappa shape index (κ2) is 5.63. The number of hydrogen-bond donors (Lipinski definition) is 1. The maximum Gasteiger partial charge on any atom is 0.236 e. The first-order chi connectivity index (χ1) is 8.31. The van der Waals surface area contributed by atoms with Gasteiger partial charge in [-0.3, -0.25) is 0 Å². The van der Waals surface area contributed by atoms with E-state index in [9.17, 15) is 0 Å². The number of hydrogen-bond acceptors (Lipinski definition) is 4. The van der Waals surface area contributed by atoms with Gasteiger partial charge in [0.1, 0.15) is 6.54 Å². The minimum Gasteiger partial charge on any atom is -0.423 e. The summed E-state index contributed by atoms with van der Waals surface area (Å²) in [4.78, 5) is 0. The molecule has 2 aromatic heterocycles. The summed E-state index contributed by atoms with van der Waals surface area (Å²) in [5, 5.41) is 11.2. The van der Waals surface area contributed by atoms with Gasteiger partial charge >= 0.3 is 0 Å². The average molecular weight is 234 g/mol. The van der Waals surface area contributed by atoms with Crippen LogP contribution in [0.3, 0.4) is 0 Å². The normalized spacial score (nSPS) is 10.9. The number of rotatable bonds is 6. The molecule has 2 rings (SSSR count). The van der Waals surface area contributed by atoms with Crippen LogP contribution in [0.2, 0.25) is 0 Å². The van der Waals surface area contributed by atoms with Crippen molar-refractivity contribution in [3.8, 4) is 0 Å². The zero-order chi connectivity index (χ0) is 12.1. The molecule has 0 bridgehead atoms. The maximum atomic E-state index is 5.47. The van der Waals surface area contributed by atoms with Gasteiger partial charge < -0.3 is 14.3 Å². The molecule has 0 amide bonds. The Bertz CT molecular complexity index is 461. The van der Waals surface area contributed by atoms with Crippen molar-refractivity contribution in [1.29, 1.82) is 0 Å². The van der Waals surface area contributed by atoms with Gasteiger partial charge in [-0.05, 0) is 18.2 Å². The Labute approximate surface area is 101 Å². The zero-order valence-corrected chi connectivity index (χ0v) is 10.3. The predicted octanol–water partition coefficient (Wildman–Crippen LogP) is 1.59. The van der Waals surface area contributed by atoms with Gasteiger partial charge in [0.25, 0.3) is 0 Å². The molecule has 1 N–H and O–H groups in total. The van der Waals surface area contributed by atoms with Crippen LogP contribution in [0.15, 0.2) is 22.9 Å². The van der Waals surface area contributed by atoms with Crippen molar-refractivity contribution in [3.05, 3.63) is 35.8 Å². The van der Waals surface area contributed by atoms with Crippen molar-refractivity contribution in [2.45, 2.75) is 33.4 Å². The van der Waals surface area contributed by atoms with E-state index in [2.05, 4.69) is 39.3 Å². The van der Waals surface area contributed by atoms with Crippen LogP contribution in [-0.2, 0) is 19.5 Å². The van der Waals surface area contributed by atoms with Crippen LogP contribution in [-0.4, -0.2) is 21.3 Å². The maximum absolute atomic E-state index is 5.47. The molecule has 0 aliphatic rings. The average Bonchev–Trinajstić information content (AvgIpc) is 2.96. The van der Waals surface area contributed by atoms with E-state index in [1.165, 1.54) is 5.56 Å². The predicted molar refractivity (Wildman–Crippen MR) is 64.6 cm³/mol. The topological polar surface area (TPSA) is 55.9 Å². The molecule has 0 fully saturated rings. The lowest BCUT2D eigenvalue weighted by Crippen LogP contribution is -2.11. The van der Waals surface area contributed by atoms with E-state index in [0.29, 0.717) is 18.3 Å². The molecule has 5 heteroatoms. The Morgan fingerprint density at radius 2 is 2.12 bits per heavy atom. The number of aromatic nitrogens is 3. The van der Waals surface area contributed by atoms with Crippen LogP contribution >= 0.6 is 0 Å². The van der Waals surface area contributed by atoms with Crippen LogP contribution in [0.1, 0.15) is 31.2 Å². The van der Waals surface area contributed by atoms with Crippen molar-refractivity contribution in [2.24, 2.45) is 0 Å². The van der Waals surface area contributed by atoms with Gasteiger partial charge in [0, 0.05) is 25.4 Å². The molecule has 2 aromatic rings.